The highest BCUT2D eigenvalue weighted by Crippen LogP contribution is 2.45. The van der Waals surface area contributed by atoms with Crippen molar-refractivity contribution in [2.75, 3.05) is 0 Å². The molecule has 0 saturated carbocycles. The highest BCUT2D eigenvalue weighted by molar-refractivity contribution is 6.12. The molecule has 3 heteroatoms. The fraction of sp³-hybridized carbons (Fsp3) is 0. The summed E-state index contributed by atoms with van der Waals surface area (Å²) >= 11 is 0. The van der Waals surface area contributed by atoms with E-state index in [0.29, 0.717) is 5.56 Å². The number of nitrogens with zero attached hydrogens (tertiary/aromatic N) is 1. The van der Waals surface area contributed by atoms with E-state index in [2.05, 4.69) is 91.0 Å². The van der Waals surface area contributed by atoms with E-state index in [4.69, 9.17) is 8.83 Å². The van der Waals surface area contributed by atoms with Gasteiger partial charge >= 0.3 is 0 Å². The van der Waals surface area contributed by atoms with Crippen LogP contribution in [0.3, 0.4) is 0 Å². The zero-order chi connectivity index (χ0) is 30.6. The number of fused-ring (bicyclic) bond motifs is 6. The largest absolute Gasteiger partial charge is 0.456 e. The SMILES string of the molecule is N#Cc1cc(-c2ccccc2)cc(-c2c(-c3ccc4c(c3)oc3ccccc34)cccc2-c2cccc3c2oc2ccccc23)c1. The molecular weight excluding hydrogens is 562 g/mol. The van der Waals surface area contributed by atoms with Crippen molar-refractivity contribution in [3.63, 3.8) is 0 Å². The molecule has 0 N–H and O–H groups in total. The molecule has 9 aromatic rings. The first-order chi connectivity index (χ1) is 22.7. The number of benzene rings is 7. The van der Waals surface area contributed by atoms with Crippen LogP contribution in [0.25, 0.3) is 88.4 Å². The minimum Gasteiger partial charge on any atom is -0.456 e. The predicted molar refractivity (Wildman–Crippen MR) is 187 cm³/mol. The Kier molecular flexibility index (Phi) is 5.88. The molecule has 0 unspecified atom stereocenters. The first-order valence-electron chi connectivity index (χ1n) is 15.3. The summed E-state index contributed by atoms with van der Waals surface area (Å²) in [6.45, 7) is 0. The van der Waals surface area contributed by atoms with Gasteiger partial charge in [-0.3, -0.25) is 0 Å². The van der Waals surface area contributed by atoms with Crippen molar-refractivity contribution in [3.8, 4) is 50.6 Å². The highest BCUT2D eigenvalue weighted by atomic mass is 16.3. The summed E-state index contributed by atoms with van der Waals surface area (Å²) in [5, 5.41) is 14.5. The minimum atomic E-state index is 0.604. The van der Waals surface area contributed by atoms with Crippen molar-refractivity contribution in [1.29, 1.82) is 5.26 Å². The number of furan rings is 2. The van der Waals surface area contributed by atoms with E-state index in [1.54, 1.807) is 0 Å². The van der Waals surface area contributed by atoms with Gasteiger partial charge in [0.25, 0.3) is 0 Å². The maximum Gasteiger partial charge on any atom is 0.143 e. The molecule has 0 amide bonds. The molecule has 2 heterocycles. The summed E-state index contributed by atoms with van der Waals surface area (Å²) in [7, 11) is 0. The Hall–Kier alpha value is -6.37. The third-order valence-electron chi connectivity index (χ3n) is 8.91. The predicted octanol–water partition coefficient (Wildman–Crippen LogP) is 12.0. The van der Waals surface area contributed by atoms with Gasteiger partial charge in [0.1, 0.15) is 22.3 Å². The molecule has 0 spiro atoms. The second-order valence-electron chi connectivity index (χ2n) is 11.6. The summed E-state index contributed by atoms with van der Waals surface area (Å²) < 4.78 is 12.9. The molecule has 0 aliphatic rings. The molecule has 0 aliphatic carbocycles. The topological polar surface area (TPSA) is 50.1 Å². The summed E-state index contributed by atoms with van der Waals surface area (Å²) in [6.07, 6.45) is 0. The van der Waals surface area contributed by atoms with Crippen LogP contribution in [-0.2, 0) is 0 Å². The van der Waals surface area contributed by atoms with Crippen molar-refractivity contribution in [2.45, 2.75) is 0 Å². The van der Waals surface area contributed by atoms with Crippen LogP contribution in [0, 0.1) is 11.3 Å². The number of nitriles is 1. The van der Waals surface area contributed by atoms with Crippen molar-refractivity contribution >= 4 is 43.9 Å². The Balaban J connectivity index is 1.36. The second kappa shape index (κ2) is 10.4. The van der Waals surface area contributed by atoms with E-state index < -0.39 is 0 Å². The molecule has 0 bridgehead atoms. The zero-order valence-electron chi connectivity index (χ0n) is 24.7. The van der Waals surface area contributed by atoms with E-state index in [9.17, 15) is 5.26 Å². The molecule has 7 aromatic carbocycles. The zero-order valence-corrected chi connectivity index (χ0v) is 24.7. The van der Waals surface area contributed by atoms with Gasteiger partial charge in [-0.25, -0.2) is 0 Å². The fourth-order valence-electron chi connectivity index (χ4n) is 6.81. The van der Waals surface area contributed by atoms with Gasteiger partial charge in [0.2, 0.25) is 0 Å². The molecule has 214 valence electrons. The standard InChI is InChI=1S/C43H25NO2/c44-26-27-22-30(28-10-2-1-3-11-28)24-31(23-27)42-32(29-20-21-35-33-12-4-6-18-39(33)45-41(35)25-29)14-8-15-36(42)38-17-9-16-37-34-13-5-7-19-40(34)46-43(37)38/h1-25H. The average Bonchev–Trinajstić information content (AvgIpc) is 3.69. The summed E-state index contributed by atoms with van der Waals surface area (Å²) in [4.78, 5) is 0. The van der Waals surface area contributed by atoms with Gasteiger partial charge in [0, 0.05) is 27.1 Å². The first kappa shape index (κ1) is 26.1. The third kappa shape index (κ3) is 4.13. The molecule has 0 fully saturated rings. The first-order valence-corrected chi connectivity index (χ1v) is 15.3. The lowest BCUT2D eigenvalue weighted by Crippen LogP contribution is -1.93. The van der Waals surface area contributed by atoms with Gasteiger partial charge in [-0.05, 0) is 81.4 Å². The Morgan fingerprint density at radius 1 is 0.391 bits per heavy atom. The van der Waals surface area contributed by atoms with Crippen LogP contribution in [0.5, 0.6) is 0 Å². The summed E-state index contributed by atoms with van der Waals surface area (Å²) in [6, 6.07) is 54.3. The van der Waals surface area contributed by atoms with E-state index in [-0.39, 0.29) is 0 Å². The van der Waals surface area contributed by atoms with Crippen molar-refractivity contribution in [2.24, 2.45) is 0 Å². The number of hydrogen-bond acceptors (Lipinski definition) is 3. The van der Waals surface area contributed by atoms with Gasteiger partial charge in [-0.15, -0.1) is 0 Å². The molecule has 3 nitrogen and oxygen atoms in total. The lowest BCUT2D eigenvalue weighted by Gasteiger charge is -2.18. The van der Waals surface area contributed by atoms with Crippen LogP contribution in [0.15, 0.2) is 160 Å². The Bertz CT molecular complexity index is 2650. The van der Waals surface area contributed by atoms with Crippen LogP contribution >= 0.6 is 0 Å². The Morgan fingerprint density at radius 3 is 1.85 bits per heavy atom. The molecule has 2 aromatic heterocycles. The maximum atomic E-state index is 10.2. The number of para-hydroxylation sites is 3. The summed E-state index contributed by atoms with van der Waals surface area (Å²) in [5.74, 6) is 0. The van der Waals surface area contributed by atoms with Gasteiger partial charge in [-0.1, -0.05) is 109 Å². The highest BCUT2D eigenvalue weighted by Gasteiger charge is 2.20. The molecule has 0 aliphatic heterocycles. The number of hydrogen-bond donors (Lipinski definition) is 0. The quantitative estimate of drug-likeness (QED) is 0.206. The molecule has 0 saturated heterocycles. The van der Waals surface area contributed by atoms with Crippen molar-refractivity contribution in [1.82, 2.24) is 0 Å². The second-order valence-corrected chi connectivity index (χ2v) is 11.6. The lowest BCUT2D eigenvalue weighted by atomic mass is 9.85. The third-order valence-corrected chi connectivity index (χ3v) is 8.91. The monoisotopic (exact) mass is 587 g/mol. The molecule has 0 atom stereocenters. The van der Waals surface area contributed by atoms with Crippen LogP contribution in [-0.4, -0.2) is 0 Å². The minimum absolute atomic E-state index is 0.604. The van der Waals surface area contributed by atoms with E-state index in [1.807, 2.05) is 66.7 Å². The van der Waals surface area contributed by atoms with E-state index >= 15 is 0 Å². The van der Waals surface area contributed by atoms with Crippen molar-refractivity contribution < 1.29 is 8.83 Å². The maximum absolute atomic E-state index is 10.2. The van der Waals surface area contributed by atoms with Crippen LogP contribution in [0.2, 0.25) is 0 Å². The fourth-order valence-corrected chi connectivity index (χ4v) is 6.81. The van der Waals surface area contributed by atoms with E-state index in [0.717, 1.165) is 88.4 Å². The van der Waals surface area contributed by atoms with Crippen LogP contribution in [0.1, 0.15) is 5.56 Å². The van der Waals surface area contributed by atoms with Gasteiger partial charge < -0.3 is 8.83 Å². The normalized spacial score (nSPS) is 11.5. The van der Waals surface area contributed by atoms with Crippen LogP contribution < -0.4 is 0 Å². The number of rotatable bonds is 4. The molecule has 9 rings (SSSR count). The lowest BCUT2D eigenvalue weighted by molar-refractivity contribution is 0.669. The van der Waals surface area contributed by atoms with Gasteiger partial charge in [-0.2, -0.15) is 5.26 Å². The summed E-state index contributed by atoms with van der Waals surface area (Å²) in [5.41, 5.74) is 12.2. The van der Waals surface area contributed by atoms with Crippen LogP contribution in [0.4, 0.5) is 0 Å². The Labute approximate surface area is 265 Å². The molecular formula is C43H25NO2. The Morgan fingerprint density at radius 2 is 1.02 bits per heavy atom. The van der Waals surface area contributed by atoms with E-state index in [1.165, 1.54) is 0 Å². The van der Waals surface area contributed by atoms with Gasteiger partial charge in [0.05, 0.1) is 11.6 Å². The average molecular weight is 588 g/mol. The smallest absolute Gasteiger partial charge is 0.143 e. The van der Waals surface area contributed by atoms with Crippen molar-refractivity contribution in [3.05, 3.63) is 157 Å². The molecule has 0 radical (unpaired) electrons. The van der Waals surface area contributed by atoms with Gasteiger partial charge in [0.15, 0.2) is 0 Å². The molecule has 46 heavy (non-hydrogen) atoms.